The van der Waals surface area contributed by atoms with Crippen molar-refractivity contribution in [2.75, 3.05) is 13.1 Å². The number of piperidine rings is 1. The lowest BCUT2D eigenvalue weighted by molar-refractivity contribution is -0.138. The van der Waals surface area contributed by atoms with E-state index >= 15 is 0 Å². The quantitative estimate of drug-likeness (QED) is 0.538. The van der Waals surface area contributed by atoms with Gasteiger partial charge in [-0.25, -0.2) is 8.42 Å². The van der Waals surface area contributed by atoms with Gasteiger partial charge in [0.15, 0.2) is 0 Å². The monoisotopic (exact) mass is 459 g/mol. The molecule has 164 valence electrons. The third kappa shape index (κ3) is 5.06. The van der Waals surface area contributed by atoms with E-state index in [0.29, 0.717) is 39.0 Å². The Hall–Kier alpha value is -2.49. The van der Waals surface area contributed by atoms with Gasteiger partial charge in [-0.2, -0.15) is 4.31 Å². The number of amides is 1. The van der Waals surface area contributed by atoms with Crippen LogP contribution in [0.4, 0.5) is 0 Å². The predicted octanol–water partition coefficient (Wildman–Crippen LogP) is 3.67. The molecule has 3 aromatic rings. The molecular weight excluding hydrogens is 434 g/mol. The van der Waals surface area contributed by atoms with Crippen molar-refractivity contribution in [2.45, 2.75) is 37.8 Å². The molecule has 31 heavy (non-hydrogen) atoms. The van der Waals surface area contributed by atoms with E-state index in [2.05, 4.69) is 11.1 Å². The molecule has 3 aromatic heterocycles. The minimum atomic E-state index is -3.59. The molecule has 0 unspecified atom stereocenters. The Labute approximate surface area is 186 Å². The molecular formula is C22H25N3O4S2. The van der Waals surface area contributed by atoms with Crippen LogP contribution in [0, 0.1) is 12.8 Å². The number of nitrogens with zero attached hydrogens (tertiary/aromatic N) is 3. The van der Waals surface area contributed by atoms with Gasteiger partial charge in [0.05, 0.1) is 19.4 Å². The molecule has 0 radical (unpaired) electrons. The second-order valence-electron chi connectivity index (χ2n) is 7.65. The molecule has 1 aliphatic heterocycles. The molecule has 0 bridgehead atoms. The topological polar surface area (TPSA) is 83.7 Å². The van der Waals surface area contributed by atoms with Crippen molar-refractivity contribution in [3.05, 3.63) is 70.6 Å². The maximum absolute atomic E-state index is 13.4. The molecule has 0 aliphatic carbocycles. The number of carbonyl (C=O) groups is 1. The molecule has 7 nitrogen and oxygen atoms in total. The highest BCUT2D eigenvalue weighted by molar-refractivity contribution is 7.89. The number of sulfonamides is 1. The molecule has 0 N–H and O–H groups in total. The zero-order valence-corrected chi connectivity index (χ0v) is 18.9. The van der Waals surface area contributed by atoms with E-state index < -0.39 is 10.0 Å². The molecule has 0 saturated carbocycles. The fourth-order valence-electron chi connectivity index (χ4n) is 3.81. The maximum Gasteiger partial charge on any atom is 0.244 e. The van der Waals surface area contributed by atoms with Gasteiger partial charge in [-0.3, -0.25) is 9.78 Å². The number of aromatic nitrogens is 1. The van der Waals surface area contributed by atoms with Crippen LogP contribution in [0.1, 0.15) is 28.4 Å². The smallest absolute Gasteiger partial charge is 0.244 e. The Morgan fingerprint density at radius 1 is 1.19 bits per heavy atom. The zero-order chi connectivity index (χ0) is 21.8. The number of hydrogen-bond acceptors (Lipinski definition) is 6. The van der Waals surface area contributed by atoms with Crippen molar-refractivity contribution in [1.29, 1.82) is 0 Å². The second-order valence-corrected chi connectivity index (χ2v) is 11.0. The summed E-state index contributed by atoms with van der Waals surface area (Å²) in [5.74, 6) is 0.565. The second kappa shape index (κ2) is 9.33. The number of aryl methyl sites for hydroxylation is 1. The van der Waals surface area contributed by atoms with Crippen molar-refractivity contribution >= 4 is 27.3 Å². The Morgan fingerprint density at radius 2 is 2.00 bits per heavy atom. The molecule has 4 rings (SSSR count). The van der Waals surface area contributed by atoms with Crippen LogP contribution in [0.3, 0.4) is 0 Å². The first-order valence-corrected chi connectivity index (χ1v) is 12.5. The molecule has 1 fully saturated rings. The van der Waals surface area contributed by atoms with Crippen LogP contribution in [-0.4, -0.2) is 41.6 Å². The van der Waals surface area contributed by atoms with Crippen molar-refractivity contribution in [1.82, 2.24) is 14.2 Å². The lowest BCUT2D eigenvalue weighted by Gasteiger charge is -2.33. The van der Waals surface area contributed by atoms with Crippen molar-refractivity contribution in [3.8, 4) is 0 Å². The minimum absolute atomic E-state index is 0.0425. The summed E-state index contributed by atoms with van der Waals surface area (Å²) in [5, 5.41) is 0. The van der Waals surface area contributed by atoms with Crippen molar-refractivity contribution in [3.63, 3.8) is 0 Å². The zero-order valence-electron chi connectivity index (χ0n) is 17.3. The van der Waals surface area contributed by atoms with E-state index in [0.717, 1.165) is 10.6 Å². The van der Waals surface area contributed by atoms with Crippen LogP contribution in [-0.2, 0) is 27.9 Å². The van der Waals surface area contributed by atoms with Gasteiger partial charge in [-0.15, -0.1) is 11.3 Å². The lowest BCUT2D eigenvalue weighted by atomic mass is 9.96. The van der Waals surface area contributed by atoms with E-state index in [4.69, 9.17) is 4.42 Å². The molecule has 0 atom stereocenters. The summed E-state index contributed by atoms with van der Waals surface area (Å²) in [5.41, 5.74) is 0. The van der Waals surface area contributed by atoms with Gasteiger partial charge in [0.2, 0.25) is 15.9 Å². The predicted molar refractivity (Wildman–Crippen MR) is 118 cm³/mol. The number of hydrogen-bond donors (Lipinski definition) is 0. The van der Waals surface area contributed by atoms with Crippen LogP contribution in [0.25, 0.3) is 0 Å². The Balaban J connectivity index is 1.44. The first-order chi connectivity index (χ1) is 14.9. The van der Waals surface area contributed by atoms with E-state index in [1.165, 1.54) is 15.4 Å². The number of carbonyl (C=O) groups excluding carboxylic acids is 1. The third-order valence-electron chi connectivity index (χ3n) is 5.46. The van der Waals surface area contributed by atoms with Gasteiger partial charge in [0, 0.05) is 41.2 Å². The number of thiophene rings is 1. The molecule has 4 heterocycles. The summed E-state index contributed by atoms with van der Waals surface area (Å²) in [6.07, 6.45) is 5.51. The Kier molecular flexibility index (Phi) is 6.54. The summed E-state index contributed by atoms with van der Waals surface area (Å²) in [7, 11) is -3.59. The van der Waals surface area contributed by atoms with E-state index in [1.807, 2.05) is 30.0 Å². The molecule has 0 spiro atoms. The largest absolute Gasteiger partial charge is 0.467 e. The minimum Gasteiger partial charge on any atom is -0.467 e. The highest BCUT2D eigenvalue weighted by Gasteiger charge is 2.34. The normalized spacial score (nSPS) is 15.8. The van der Waals surface area contributed by atoms with Gasteiger partial charge in [-0.05, 0) is 56.2 Å². The fourth-order valence-corrected chi connectivity index (χ4v) is 6.15. The van der Waals surface area contributed by atoms with Crippen LogP contribution >= 0.6 is 11.3 Å². The van der Waals surface area contributed by atoms with Crippen LogP contribution in [0.15, 0.2) is 64.4 Å². The molecule has 9 heteroatoms. The first-order valence-electron chi connectivity index (χ1n) is 10.2. The van der Waals surface area contributed by atoms with Crippen molar-refractivity contribution in [2.24, 2.45) is 5.92 Å². The maximum atomic E-state index is 13.4. The number of furan rings is 1. The molecule has 0 aromatic carbocycles. The molecule has 1 amide bonds. The molecule has 1 saturated heterocycles. The summed E-state index contributed by atoms with van der Waals surface area (Å²) in [6, 6.07) is 10.9. The summed E-state index contributed by atoms with van der Waals surface area (Å²) in [6.45, 7) is 3.61. The molecule has 1 aliphatic rings. The van der Waals surface area contributed by atoms with Gasteiger partial charge in [0.1, 0.15) is 10.7 Å². The van der Waals surface area contributed by atoms with Crippen LogP contribution in [0.2, 0.25) is 0 Å². The summed E-state index contributed by atoms with van der Waals surface area (Å²) >= 11 is 1.68. The fraction of sp³-hybridized carbons (Fsp3) is 0.364. The standard InChI is InChI=1S/C22H25N3O4S2/c1-17-6-7-20(30-17)16-24(15-19-4-3-13-29-19)22(26)18-8-11-25(12-9-18)31(27,28)21-5-2-10-23-14-21/h2-7,10,13-14,18H,8-9,11-12,15-16H2,1H3. The number of rotatable bonds is 7. The van der Waals surface area contributed by atoms with Gasteiger partial charge in [-0.1, -0.05) is 0 Å². The number of pyridine rings is 1. The highest BCUT2D eigenvalue weighted by Crippen LogP contribution is 2.27. The third-order valence-corrected chi connectivity index (χ3v) is 8.32. The Bertz CT molecular complexity index is 1100. The lowest BCUT2D eigenvalue weighted by Crippen LogP contribution is -2.44. The van der Waals surface area contributed by atoms with E-state index in [9.17, 15) is 13.2 Å². The van der Waals surface area contributed by atoms with Gasteiger partial charge in [0.25, 0.3) is 0 Å². The average molecular weight is 460 g/mol. The SMILES string of the molecule is Cc1ccc(CN(Cc2ccco2)C(=O)C2CCN(S(=O)(=O)c3cccnc3)CC2)s1. The van der Waals surface area contributed by atoms with E-state index in [1.54, 1.807) is 35.9 Å². The van der Waals surface area contributed by atoms with Gasteiger partial charge >= 0.3 is 0 Å². The average Bonchev–Trinajstić information content (AvgIpc) is 3.45. The summed E-state index contributed by atoms with van der Waals surface area (Å²) in [4.78, 5) is 21.6. The highest BCUT2D eigenvalue weighted by atomic mass is 32.2. The van der Waals surface area contributed by atoms with Crippen LogP contribution in [0.5, 0.6) is 0 Å². The van der Waals surface area contributed by atoms with Gasteiger partial charge < -0.3 is 9.32 Å². The van der Waals surface area contributed by atoms with Crippen LogP contribution < -0.4 is 0 Å². The van der Waals surface area contributed by atoms with Crippen molar-refractivity contribution < 1.29 is 17.6 Å². The Morgan fingerprint density at radius 3 is 2.61 bits per heavy atom. The first kappa shape index (κ1) is 21.7. The summed E-state index contributed by atoms with van der Waals surface area (Å²) < 4.78 is 32.6. The van der Waals surface area contributed by atoms with E-state index in [-0.39, 0.29) is 16.7 Å².